The smallest absolute Gasteiger partial charge is 0.296 e. The highest BCUT2D eigenvalue weighted by atomic mass is 16.6. The Hall–Kier alpha value is -3.95. The molecule has 0 aliphatic carbocycles. The van der Waals surface area contributed by atoms with E-state index in [1.54, 1.807) is 38.1 Å². The number of benzene rings is 2. The van der Waals surface area contributed by atoms with Crippen LogP contribution in [0.1, 0.15) is 57.1 Å². The van der Waals surface area contributed by atoms with Gasteiger partial charge in [0.2, 0.25) is 0 Å². The molecule has 2 aromatic carbocycles. The molecule has 0 aliphatic heterocycles. The molecule has 180 valence electrons. The first kappa shape index (κ1) is 24.7. The molecule has 34 heavy (non-hydrogen) atoms. The Morgan fingerprint density at radius 3 is 2.24 bits per heavy atom. The highest BCUT2D eigenvalue weighted by molar-refractivity contribution is 6.11. The summed E-state index contributed by atoms with van der Waals surface area (Å²) in [4.78, 5) is 37.2. The highest BCUT2D eigenvalue weighted by Crippen LogP contribution is 2.38. The lowest BCUT2D eigenvalue weighted by atomic mass is 10.1. The second-order valence-electron chi connectivity index (χ2n) is 7.96. The molecule has 0 saturated heterocycles. The first-order chi connectivity index (χ1) is 16.3. The van der Waals surface area contributed by atoms with Crippen molar-refractivity contribution in [1.29, 1.82) is 0 Å². The van der Waals surface area contributed by atoms with Crippen LogP contribution >= 0.6 is 0 Å². The lowest BCUT2D eigenvalue weighted by Gasteiger charge is -2.16. The molecule has 0 radical (unpaired) electrons. The van der Waals surface area contributed by atoms with Crippen molar-refractivity contribution in [3.8, 4) is 11.5 Å². The molecular formula is C24H28N4O6. The van der Waals surface area contributed by atoms with Gasteiger partial charge in [0, 0.05) is 11.5 Å². The van der Waals surface area contributed by atoms with Gasteiger partial charge in [-0.15, -0.1) is 0 Å². The topological polar surface area (TPSA) is 126 Å². The minimum absolute atomic E-state index is 0.0134. The summed E-state index contributed by atoms with van der Waals surface area (Å²) < 4.78 is 12.6. The fourth-order valence-electron chi connectivity index (χ4n) is 3.36. The van der Waals surface area contributed by atoms with E-state index in [1.165, 1.54) is 16.8 Å². The number of ether oxygens (including phenoxy) is 2. The Kier molecular flexibility index (Phi) is 7.83. The Labute approximate surface area is 196 Å². The van der Waals surface area contributed by atoms with Crippen LogP contribution in [0.25, 0.3) is 10.8 Å². The molecular weight excluding hydrogens is 440 g/mol. The van der Waals surface area contributed by atoms with Crippen molar-refractivity contribution < 1.29 is 19.2 Å². The number of hydrogen-bond donors (Lipinski definition) is 1. The SMILES string of the molecule is CCCOc1cc(NC(=O)c2nn(C(C)C)c(=O)c3ccccc23)c([N+](=O)[O-])cc1OCCC. The molecule has 3 rings (SSSR count). The maximum Gasteiger partial charge on any atom is 0.296 e. The normalized spacial score (nSPS) is 11.0. The van der Waals surface area contributed by atoms with Gasteiger partial charge >= 0.3 is 0 Å². The largest absolute Gasteiger partial charge is 0.490 e. The van der Waals surface area contributed by atoms with Gasteiger partial charge in [0.05, 0.1) is 35.6 Å². The number of rotatable bonds is 10. The van der Waals surface area contributed by atoms with E-state index in [2.05, 4.69) is 10.4 Å². The number of nitrogens with one attached hydrogen (secondary N) is 1. The van der Waals surface area contributed by atoms with Crippen molar-refractivity contribution in [1.82, 2.24) is 9.78 Å². The van der Waals surface area contributed by atoms with Gasteiger partial charge in [-0.25, -0.2) is 4.68 Å². The first-order valence-electron chi connectivity index (χ1n) is 11.2. The summed E-state index contributed by atoms with van der Waals surface area (Å²) in [6.07, 6.45) is 1.43. The Morgan fingerprint density at radius 2 is 1.68 bits per heavy atom. The zero-order valence-corrected chi connectivity index (χ0v) is 19.7. The maximum atomic E-state index is 13.3. The van der Waals surface area contributed by atoms with E-state index in [1.807, 2.05) is 13.8 Å². The number of carbonyl (C=O) groups excluding carboxylic acids is 1. The quantitative estimate of drug-likeness (QED) is 0.337. The van der Waals surface area contributed by atoms with Crippen LogP contribution in [0.15, 0.2) is 41.2 Å². The van der Waals surface area contributed by atoms with Gasteiger partial charge in [0.1, 0.15) is 5.69 Å². The van der Waals surface area contributed by atoms with Gasteiger partial charge in [-0.1, -0.05) is 32.0 Å². The predicted octanol–water partition coefficient (Wildman–Crippen LogP) is 4.72. The zero-order valence-electron chi connectivity index (χ0n) is 19.7. The number of nitro groups is 1. The predicted molar refractivity (Wildman–Crippen MR) is 129 cm³/mol. The fourth-order valence-corrected chi connectivity index (χ4v) is 3.36. The summed E-state index contributed by atoms with van der Waals surface area (Å²) in [6, 6.07) is 8.98. The van der Waals surface area contributed by atoms with Crippen LogP contribution in [0.2, 0.25) is 0 Å². The summed E-state index contributed by atoms with van der Waals surface area (Å²) in [5.74, 6) is -0.157. The summed E-state index contributed by atoms with van der Waals surface area (Å²) in [7, 11) is 0. The summed E-state index contributed by atoms with van der Waals surface area (Å²) in [6.45, 7) is 8.14. The van der Waals surface area contributed by atoms with Gasteiger partial charge < -0.3 is 14.8 Å². The van der Waals surface area contributed by atoms with E-state index >= 15 is 0 Å². The molecule has 1 N–H and O–H groups in total. The number of carbonyl (C=O) groups is 1. The molecule has 10 heteroatoms. The number of nitro benzene ring substituents is 1. The van der Waals surface area contributed by atoms with Gasteiger partial charge in [0.15, 0.2) is 17.2 Å². The Morgan fingerprint density at radius 1 is 1.09 bits per heavy atom. The van der Waals surface area contributed by atoms with Crippen LogP contribution in [0.5, 0.6) is 11.5 Å². The molecule has 10 nitrogen and oxygen atoms in total. The minimum atomic E-state index is -0.683. The van der Waals surface area contributed by atoms with Crippen molar-refractivity contribution >= 4 is 28.1 Å². The minimum Gasteiger partial charge on any atom is -0.490 e. The second-order valence-corrected chi connectivity index (χ2v) is 7.96. The van der Waals surface area contributed by atoms with Gasteiger partial charge in [-0.2, -0.15) is 5.10 Å². The van der Waals surface area contributed by atoms with E-state index in [0.29, 0.717) is 36.2 Å². The summed E-state index contributed by atoms with van der Waals surface area (Å²) in [5.41, 5.74) is -0.732. The van der Waals surface area contributed by atoms with Crippen molar-refractivity contribution in [2.45, 2.75) is 46.6 Å². The number of nitrogens with zero attached hydrogens (tertiary/aromatic N) is 3. The zero-order chi connectivity index (χ0) is 24.8. The van der Waals surface area contributed by atoms with Crippen molar-refractivity contribution in [2.24, 2.45) is 0 Å². The van der Waals surface area contributed by atoms with Crippen molar-refractivity contribution in [2.75, 3.05) is 18.5 Å². The molecule has 0 atom stereocenters. The van der Waals surface area contributed by atoms with E-state index in [4.69, 9.17) is 9.47 Å². The van der Waals surface area contributed by atoms with E-state index in [0.717, 1.165) is 6.42 Å². The number of aromatic nitrogens is 2. The van der Waals surface area contributed by atoms with Crippen LogP contribution < -0.4 is 20.3 Å². The third-order valence-electron chi connectivity index (χ3n) is 4.96. The molecule has 0 fully saturated rings. The molecule has 0 spiro atoms. The maximum absolute atomic E-state index is 13.3. The average molecular weight is 469 g/mol. The molecule has 0 unspecified atom stereocenters. The molecule has 1 amide bonds. The Balaban J connectivity index is 2.10. The van der Waals surface area contributed by atoms with Gasteiger partial charge in [0.25, 0.3) is 17.2 Å². The van der Waals surface area contributed by atoms with Gasteiger partial charge in [-0.3, -0.25) is 19.7 Å². The van der Waals surface area contributed by atoms with Gasteiger partial charge in [-0.05, 0) is 32.8 Å². The molecule has 0 aliphatic rings. The standard InChI is InChI=1S/C24H28N4O6/c1-5-11-33-20-13-18(19(28(31)32)14-21(20)34-12-6-2)25-23(29)22-16-9-7-8-10-17(16)24(30)27(26-22)15(3)4/h7-10,13-15H,5-6,11-12H2,1-4H3,(H,25,29). The van der Waals surface area contributed by atoms with Crippen LogP contribution in [0.4, 0.5) is 11.4 Å². The number of anilines is 1. The summed E-state index contributed by atoms with van der Waals surface area (Å²) in [5, 5.41) is 19.3. The number of amides is 1. The first-order valence-corrected chi connectivity index (χ1v) is 11.2. The lowest BCUT2D eigenvalue weighted by Crippen LogP contribution is -2.29. The average Bonchev–Trinajstić information content (AvgIpc) is 2.81. The van der Waals surface area contributed by atoms with E-state index in [-0.39, 0.29) is 34.4 Å². The Bertz CT molecular complexity index is 1270. The third-order valence-corrected chi connectivity index (χ3v) is 4.96. The van der Waals surface area contributed by atoms with E-state index < -0.39 is 10.8 Å². The monoisotopic (exact) mass is 468 g/mol. The lowest BCUT2D eigenvalue weighted by molar-refractivity contribution is -0.384. The van der Waals surface area contributed by atoms with E-state index in [9.17, 15) is 19.7 Å². The van der Waals surface area contributed by atoms with Crippen molar-refractivity contribution in [3.05, 3.63) is 62.6 Å². The number of hydrogen-bond acceptors (Lipinski definition) is 7. The third kappa shape index (κ3) is 5.16. The molecule has 1 heterocycles. The highest BCUT2D eigenvalue weighted by Gasteiger charge is 2.24. The summed E-state index contributed by atoms with van der Waals surface area (Å²) >= 11 is 0. The molecule has 0 saturated carbocycles. The molecule has 3 aromatic rings. The van der Waals surface area contributed by atoms with Crippen LogP contribution in [0, 0.1) is 10.1 Å². The second kappa shape index (κ2) is 10.8. The van der Waals surface area contributed by atoms with Crippen LogP contribution in [-0.4, -0.2) is 33.8 Å². The molecule has 0 bridgehead atoms. The number of fused-ring (bicyclic) bond motifs is 1. The van der Waals surface area contributed by atoms with Crippen molar-refractivity contribution in [3.63, 3.8) is 0 Å². The fraction of sp³-hybridized carbons (Fsp3) is 0.375. The van der Waals surface area contributed by atoms with Crippen LogP contribution in [0.3, 0.4) is 0 Å². The molecule has 1 aromatic heterocycles. The van der Waals surface area contributed by atoms with Crippen LogP contribution in [-0.2, 0) is 0 Å².